The Morgan fingerprint density at radius 1 is 0.574 bits per heavy atom. The lowest BCUT2D eigenvalue weighted by Gasteiger charge is -2.19. The minimum absolute atomic E-state index is 0.691. The van der Waals surface area contributed by atoms with Crippen LogP contribution in [0.2, 0.25) is 0 Å². The summed E-state index contributed by atoms with van der Waals surface area (Å²) in [5.41, 5.74) is 16.4. The highest BCUT2D eigenvalue weighted by molar-refractivity contribution is 6.24. The van der Waals surface area contributed by atoms with E-state index in [1.165, 1.54) is 65.5 Å². The number of pyridine rings is 1. The van der Waals surface area contributed by atoms with Gasteiger partial charge in [-0.2, -0.15) is 0 Å². The Bertz CT molecular complexity index is 2490. The SMILES string of the molecule is C/C=C\C=C(/N)c1cccnc1-c1cccc2c(-c3c4ccccc4c(-c4ccc5cc(C)ccc5c4)c4ccccc34)cccc12. The molecule has 7 aromatic carbocycles. The molecule has 0 saturated heterocycles. The second-order valence-corrected chi connectivity index (χ2v) is 12.2. The van der Waals surface area contributed by atoms with Crippen molar-refractivity contribution in [1.82, 2.24) is 4.98 Å². The maximum absolute atomic E-state index is 6.58. The third-order valence-corrected chi connectivity index (χ3v) is 9.25. The van der Waals surface area contributed by atoms with E-state index in [2.05, 4.69) is 128 Å². The molecule has 0 saturated carbocycles. The highest BCUT2D eigenvalue weighted by atomic mass is 14.7. The van der Waals surface area contributed by atoms with Crippen molar-refractivity contribution in [3.8, 4) is 33.5 Å². The van der Waals surface area contributed by atoms with Crippen molar-refractivity contribution in [3.05, 3.63) is 169 Å². The van der Waals surface area contributed by atoms with Gasteiger partial charge in [0, 0.05) is 23.0 Å². The van der Waals surface area contributed by atoms with Gasteiger partial charge >= 0.3 is 0 Å². The molecule has 0 fully saturated rings. The van der Waals surface area contributed by atoms with E-state index in [-0.39, 0.29) is 0 Å². The Balaban J connectivity index is 1.41. The van der Waals surface area contributed by atoms with Gasteiger partial charge in [-0.15, -0.1) is 0 Å². The Labute approximate surface area is 275 Å². The largest absolute Gasteiger partial charge is 0.398 e. The molecule has 0 radical (unpaired) electrons. The fourth-order valence-electron chi connectivity index (χ4n) is 7.13. The lowest BCUT2D eigenvalue weighted by Crippen LogP contribution is -2.00. The van der Waals surface area contributed by atoms with Crippen LogP contribution in [0.15, 0.2) is 158 Å². The van der Waals surface area contributed by atoms with Crippen molar-refractivity contribution < 1.29 is 0 Å². The summed E-state index contributed by atoms with van der Waals surface area (Å²) in [4.78, 5) is 4.86. The monoisotopic (exact) mass is 602 g/mol. The number of allylic oxidation sites excluding steroid dienone is 3. The number of rotatable bonds is 5. The van der Waals surface area contributed by atoms with Crippen molar-refractivity contribution in [3.63, 3.8) is 0 Å². The van der Waals surface area contributed by atoms with Gasteiger partial charge in [0.25, 0.3) is 0 Å². The van der Waals surface area contributed by atoms with E-state index >= 15 is 0 Å². The van der Waals surface area contributed by atoms with Crippen LogP contribution < -0.4 is 5.73 Å². The molecule has 0 unspecified atom stereocenters. The van der Waals surface area contributed by atoms with Crippen LogP contribution in [0.5, 0.6) is 0 Å². The van der Waals surface area contributed by atoms with Crippen LogP contribution >= 0.6 is 0 Å². The molecule has 0 aliphatic rings. The molecule has 224 valence electrons. The van der Waals surface area contributed by atoms with Crippen molar-refractivity contribution >= 4 is 48.8 Å². The van der Waals surface area contributed by atoms with Crippen LogP contribution in [-0.2, 0) is 0 Å². The number of nitrogens with two attached hydrogens (primary N) is 1. The number of benzene rings is 7. The smallest absolute Gasteiger partial charge is 0.0801 e. The Morgan fingerprint density at radius 2 is 1.17 bits per heavy atom. The lowest BCUT2D eigenvalue weighted by atomic mass is 9.84. The van der Waals surface area contributed by atoms with Crippen molar-refractivity contribution in [2.75, 3.05) is 0 Å². The molecule has 0 aliphatic carbocycles. The summed E-state index contributed by atoms with van der Waals surface area (Å²) in [5, 5.41) is 9.81. The van der Waals surface area contributed by atoms with Crippen LogP contribution in [0.3, 0.4) is 0 Å². The van der Waals surface area contributed by atoms with Crippen molar-refractivity contribution in [2.24, 2.45) is 5.73 Å². The minimum Gasteiger partial charge on any atom is -0.398 e. The third kappa shape index (κ3) is 4.86. The third-order valence-electron chi connectivity index (χ3n) is 9.25. The molecule has 0 atom stereocenters. The van der Waals surface area contributed by atoms with Gasteiger partial charge in [-0.25, -0.2) is 0 Å². The average Bonchev–Trinajstić information content (AvgIpc) is 3.12. The minimum atomic E-state index is 0.691. The van der Waals surface area contributed by atoms with E-state index in [0.29, 0.717) is 5.70 Å². The number of aromatic nitrogens is 1. The lowest BCUT2D eigenvalue weighted by molar-refractivity contribution is 1.30. The molecule has 0 spiro atoms. The normalized spacial score (nSPS) is 12.2. The predicted molar refractivity (Wildman–Crippen MR) is 202 cm³/mol. The van der Waals surface area contributed by atoms with E-state index in [0.717, 1.165) is 22.2 Å². The van der Waals surface area contributed by atoms with E-state index < -0.39 is 0 Å². The zero-order valence-corrected chi connectivity index (χ0v) is 26.5. The number of hydrogen-bond donors (Lipinski definition) is 1. The molecule has 47 heavy (non-hydrogen) atoms. The van der Waals surface area contributed by atoms with E-state index in [4.69, 9.17) is 10.7 Å². The fraction of sp³-hybridized carbons (Fsp3) is 0.0444. The zero-order chi connectivity index (χ0) is 31.9. The maximum atomic E-state index is 6.58. The second kappa shape index (κ2) is 11.7. The first-order valence-corrected chi connectivity index (χ1v) is 16.1. The van der Waals surface area contributed by atoms with Crippen LogP contribution in [0, 0.1) is 6.92 Å². The van der Waals surface area contributed by atoms with Crippen LogP contribution in [0.1, 0.15) is 18.1 Å². The topological polar surface area (TPSA) is 38.9 Å². The van der Waals surface area contributed by atoms with Gasteiger partial charge in [0.15, 0.2) is 0 Å². The van der Waals surface area contributed by atoms with E-state index in [1.54, 1.807) is 0 Å². The molecule has 2 N–H and O–H groups in total. The molecule has 8 rings (SSSR count). The summed E-state index contributed by atoms with van der Waals surface area (Å²) in [7, 11) is 0. The molecular formula is C45H34N2. The number of hydrogen-bond acceptors (Lipinski definition) is 2. The number of fused-ring (bicyclic) bond motifs is 4. The number of aryl methyl sites for hydroxylation is 1. The summed E-state index contributed by atoms with van der Waals surface area (Å²) in [6.45, 7) is 4.14. The first-order chi connectivity index (χ1) is 23.1. The van der Waals surface area contributed by atoms with Gasteiger partial charge in [-0.05, 0) is 103 Å². The first kappa shape index (κ1) is 28.5. The first-order valence-electron chi connectivity index (χ1n) is 16.1. The molecule has 0 amide bonds. The summed E-state index contributed by atoms with van der Waals surface area (Å²) in [6.07, 6.45) is 7.73. The Hall–Kier alpha value is -5.99. The summed E-state index contributed by atoms with van der Waals surface area (Å²) < 4.78 is 0. The maximum Gasteiger partial charge on any atom is 0.0801 e. The molecule has 1 heterocycles. The quantitative estimate of drug-likeness (QED) is 0.157. The van der Waals surface area contributed by atoms with Crippen molar-refractivity contribution in [2.45, 2.75) is 13.8 Å². The van der Waals surface area contributed by atoms with Crippen LogP contribution in [0.25, 0.3) is 82.3 Å². The summed E-state index contributed by atoms with van der Waals surface area (Å²) in [6, 6.07) is 48.5. The average molecular weight is 603 g/mol. The Kier molecular flexibility index (Phi) is 7.12. The fourth-order valence-corrected chi connectivity index (χ4v) is 7.13. The molecule has 1 aromatic heterocycles. The molecule has 0 aliphatic heterocycles. The molecule has 0 bridgehead atoms. The Morgan fingerprint density at radius 3 is 1.87 bits per heavy atom. The second-order valence-electron chi connectivity index (χ2n) is 12.2. The standard InChI is InChI=1S/C45H34N2/c1-3-4-21-42(46)41-20-11-26-47-45(41)40-19-10-16-33-34(40)17-9-18-35(33)44-38-14-7-5-12-36(38)43(37-13-6-8-15-39(37)44)32-25-24-30-27-29(2)22-23-31(30)28-32/h3-28H,46H2,1-2H3/b4-3-,42-21-. The molecule has 8 aromatic rings. The van der Waals surface area contributed by atoms with Crippen LogP contribution in [-0.4, -0.2) is 4.98 Å². The number of nitrogens with zero attached hydrogens (tertiary/aromatic N) is 1. The van der Waals surface area contributed by atoms with Crippen LogP contribution in [0.4, 0.5) is 0 Å². The van der Waals surface area contributed by atoms with Crippen molar-refractivity contribution in [1.29, 1.82) is 0 Å². The zero-order valence-electron chi connectivity index (χ0n) is 26.5. The summed E-state index contributed by atoms with van der Waals surface area (Å²) in [5.74, 6) is 0. The van der Waals surface area contributed by atoms with E-state index in [1.807, 2.05) is 43.5 Å². The van der Waals surface area contributed by atoms with Gasteiger partial charge in [0.05, 0.1) is 5.69 Å². The molecule has 2 nitrogen and oxygen atoms in total. The van der Waals surface area contributed by atoms with Gasteiger partial charge in [-0.1, -0.05) is 133 Å². The van der Waals surface area contributed by atoms with Gasteiger partial charge in [0.2, 0.25) is 0 Å². The van der Waals surface area contributed by atoms with Gasteiger partial charge < -0.3 is 5.73 Å². The molecule has 2 heteroatoms. The highest BCUT2D eigenvalue weighted by Gasteiger charge is 2.19. The predicted octanol–water partition coefficient (Wildman–Crippen LogP) is 11.9. The highest BCUT2D eigenvalue weighted by Crippen LogP contribution is 2.46. The van der Waals surface area contributed by atoms with Gasteiger partial charge in [-0.3, -0.25) is 4.98 Å². The van der Waals surface area contributed by atoms with Gasteiger partial charge in [0.1, 0.15) is 0 Å². The summed E-state index contributed by atoms with van der Waals surface area (Å²) >= 11 is 0. The van der Waals surface area contributed by atoms with E-state index in [9.17, 15) is 0 Å². The molecular weight excluding hydrogens is 569 g/mol.